The number of hydrogen-bond donors (Lipinski definition) is 2. The van der Waals surface area contributed by atoms with Gasteiger partial charge < -0.3 is 11.1 Å². The molecular formula is C10H12N4O5. The van der Waals surface area contributed by atoms with Crippen LogP contribution >= 0.6 is 0 Å². The lowest BCUT2D eigenvalue weighted by atomic mass is 10.1. The molecular weight excluding hydrogens is 256 g/mol. The van der Waals surface area contributed by atoms with Crippen LogP contribution in [-0.2, 0) is 0 Å². The smallest absolute Gasteiger partial charge is 0.277 e. The number of rotatable bonds is 5. The number of benzene rings is 1. The second-order valence-electron chi connectivity index (χ2n) is 3.94. The van der Waals surface area contributed by atoms with Crippen LogP contribution in [0.3, 0.4) is 0 Å². The third kappa shape index (κ3) is 4.00. The van der Waals surface area contributed by atoms with Gasteiger partial charge in [0.25, 0.3) is 17.3 Å². The molecule has 1 aromatic carbocycles. The van der Waals surface area contributed by atoms with Gasteiger partial charge in [0.2, 0.25) is 0 Å². The summed E-state index contributed by atoms with van der Waals surface area (Å²) in [5.41, 5.74) is 4.27. The summed E-state index contributed by atoms with van der Waals surface area (Å²) in [6.07, 6.45) is 0. The van der Waals surface area contributed by atoms with Crippen LogP contribution in [0, 0.1) is 20.2 Å². The normalized spacial score (nSPS) is 11.7. The lowest BCUT2D eigenvalue weighted by molar-refractivity contribution is -0.394. The fraction of sp³-hybridized carbons (Fsp3) is 0.300. The van der Waals surface area contributed by atoms with Crippen LogP contribution in [-0.4, -0.2) is 28.3 Å². The van der Waals surface area contributed by atoms with Gasteiger partial charge >= 0.3 is 0 Å². The molecule has 0 saturated heterocycles. The number of carbonyl (C=O) groups is 1. The maximum absolute atomic E-state index is 11.7. The molecule has 0 spiro atoms. The molecule has 9 nitrogen and oxygen atoms in total. The van der Waals surface area contributed by atoms with Gasteiger partial charge in [-0.2, -0.15) is 0 Å². The van der Waals surface area contributed by atoms with Crippen LogP contribution in [0.5, 0.6) is 0 Å². The molecule has 3 N–H and O–H groups in total. The summed E-state index contributed by atoms with van der Waals surface area (Å²) < 4.78 is 0. The number of nitro benzene ring substituents is 2. The average Bonchev–Trinajstić information content (AvgIpc) is 2.35. The number of carbonyl (C=O) groups excluding carboxylic acids is 1. The van der Waals surface area contributed by atoms with Crippen LogP contribution in [0.4, 0.5) is 11.4 Å². The van der Waals surface area contributed by atoms with E-state index in [1.165, 1.54) is 0 Å². The van der Waals surface area contributed by atoms with Crippen molar-refractivity contribution in [3.8, 4) is 0 Å². The highest BCUT2D eigenvalue weighted by atomic mass is 16.6. The lowest BCUT2D eigenvalue weighted by Crippen LogP contribution is -2.35. The number of nitrogens with two attached hydrogens (primary N) is 1. The topological polar surface area (TPSA) is 141 Å². The highest BCUT2D eigenvalue weighted by Gasteiger charge is 2.19. The monoisotopic (exact) mass is 268 g/mol. The van der Waals surface area contributed by atoms with E-state index in [1.54, 1.807) is 6.92 Å². The van der Waals surface area contributed by atoms with E-state index in [0.29, 0.717) is 0 Å². The fourth-order valence-electron chi connectivity index (χ4n) is 1.29. The van der Waals surface area contributed by atoms with Gasteiger partial charge in [0.05, 0.1) is 21.5 Å². The van der Waals surface area contributed by atoms with Crippen molar-refractivity contribution in [2.75, 3.05) is 6.54 Å². The molecule has 19 heavy (non-hydrogen) atoms. The van der Waals surface area contributed by atoms with E-state index in [4.69, 9.17) is 5.73 Å². The first-order valence-corrected chi connectivity index (χ1v) is 5.29. The minimum atomic E-state index is -0.796. The SMILES string of the molecule is CC(N)CNC(=O)c1cc([N+](=O)[O-])cc([N+](=O)[O-])c1. The van der Waals surface area contributed by atoms with Gasteiger partial charge in [-0.25, -0.2) is 0 Å². The molecule has 0 aliphatic carbocycles. The molecule has 9 heteroatoms. The van der Waals surface area contributed by atoms with E-state index >= 15 is 0 Å². The zero-order valence-electron chi connectivity index (χ0n) is 10.0. The molecule has 1 aromatic rings. The zero-order chi connectivity index (χ0) is 14.6. The number of nitro groups is 2. The second kappa shape index (κ2) is 5.87. The molecule has 0 radical (unpaired) electrons. The van der Waals surface area contributed by atoms with E-state index in [2.05, 4.69) is 5.32 Å². The van der Waals surface area contributed by atoms with Gasteiger partial charge in [-0.1, -0.05) is 0 Å². The Morgan fingerprint density at radius 3 is 2.11 bits per heavy atom. The van der Waals surface area contributed by atoms with Gasteiger partial charge in [-0.3, -0.25) is 25.0 Å². The first-order valence-electron chi connectivity index (χ1n) is 5.29. The predicted octanol–water partition coefficient (Wildman–Crippen LogP) is 0.580. The molecule has 0 aromatic heterocycles. The predicted molar refractivity (Wildman–Crippen MR) is 65.7 cm³/mol. The van der Waals surface area contributed by atoms with Crippen molar-refractivity contribution < 1.29 is 14.6 Å². The Bertz CT molecular complexity index is 496. The maximum Gasteiger partial charge on any atom is 0.277 e. The molecule has 0 aliphatic rings. The number of non-ortho nitro benzene ring substituents is 2. The quantitative estimate of drug-likeness (QED) is 0.590. The standard InChI is InChI=1S/C10H12N4O5/c1-6(11)5-12-10(15)7-2-8(13(16)17)4-9(3-7)14(18)19/h2-4,6H,5,11H2,1H3,(H,12,15). The highest BCUT2D eigenvalue weighted by Crippen LogP contribution is 2.22. The van der Waals surface area contributed by atoms with Crippen LogP contribution < -0.4 is 11.1 Å². The molecule has 1 amide bonds. The van der Waals surface area contributed by atoms with Gasteiger partial charge in [0.15, 0.2) is 0 Å². The Morgan fingerprint density at radius 1 is 1.26 bits per heavy atom. The first-order chi connectivity index (χ1) is 8.81. The second-order valence-corrected chi connectivity index (χ2v) is 3.94. The molecule has 1 rings (SSSR count). The Morgan fingerprint density at radius 2 is 1.74 bits per heavy atom. The van der Waals surface area contributed by atoms with Crippen LogP contribution in [0.2, 0.25) is 0 Å². The van der Waals surface area contributed by atoms with Crippen LogP contribution in [0.25, 0.3) is 0 Å². The van der Waals surface area contributed by atoms with Crippen molar-refractivity contribution in [2.45, 2.75) is 13.0 Å². The summed E-state index contributed by atoms with van der Waals surface area (Å²) in [4.78, 5) is 31.4. The molecule has 0 saturated carbocycles. The van der Waals surface area contributed by atoms with E-state index in [0.717, 1.165) is 18.2 Å². The molecule has 102 valence electrons. The molecule has 0 heterocycles. The number of nitrogens with one attached hydrogen (secondary N) is 1. The van der Waals surface area contributed by atoms with Gasteiger partial charge in [-0.05, 0) is 6.92 Å². The summed E-state index contributed by atoms with van der Waals surface area (Å²) in [5.74, 6) is -0.649. The van der Waals surface area contributed by atoms with E-state index in [9.17, 15) is 25.0 Å². The third-order valence-electron chi connectivity index (χ3n) is 2.17. The largest absolute Gasteiger partial charge is 0.350 e. The summed E-state index contributed by atoms with van der Waals surface area (Å²) in [7, 11) is 0. The lowest BCUT2D eigenvalue weighted by Gasteiger charge is -2.07. The van der Waals surface area contributed by atoms with Crippen molar-refractivity contribution >= 4 is 17.3 Å². The number of hydrogen-bond acceptors (Lipinski definition) is 6. The van der Waals surface area contributed by atoms with E-state index in [1.807, 2.05) is 0 Å². The average molecular weight is 268 g/mol. The molecule has 1 atom stereocenters. The van der Waals surface area contributed by atoms with E-state index < -0.39 is 27.1 Å². The Labute approximate surface area is 107 Å². The Balaban J connectivity index is 3.09. The van der Waals surface area contributed by atoms with Crippen molar-refractivity contribution in [2.24, 2.45) is 5.73 Å². The van der Waals surface area contributed by atoms with Crippen molar-refractivity contribution in [1.29, 1.82) is 0 Å². The zero-order valence-corrected chi connectivity index (χ0v) is 10.0. The van der Waals surface area contributed by atoms with E-state index in [-0.39, 0.29) is 18.2 Å². The number of nitrogens with zero attached hydrogens (tertiary/aromatic N) is 2. The minimum absolute atomic E-state index is 0.151. The molecule has 0 bridgehead atoms. The van der Waals surface area contributed by atoms with Crippen molar-refractivity contribution in [3.63, 3.8) is 0 Å². The Kier molecular flexibility index (Phi) is 4.48. The highest BCUT2D eigenvalue weighted by molar-refractivity contribution is 5.95. The van der Waals surface area contributed by atoms with Gasteiger partial charge in [0, 0.05) is 24.7 Å². The summed E-state index contributed by atoms with van der Waals surface area (Å²) >= 11 is 0. The third-order valence-corrected chi connectivity index (χ3v) is 2.17. The summed E-state index contributed by atoms with van der Waals surface area (Å²) in [6.45, 7) is 1.82. The number of amides is 1. The molecule has 1 unspecified atom stereocenters. The van der Waals surface area contributed by atoms with Crippen LogP contribution in [0.15, 0.2) is 18.2 Å². The Hall–Kier alpha value is -2.55. The molecule has 0 aliphatic heterocycles. The summed E-state index contributed by atoms with van der Waals surface area (Å²) in [5, 5.41) is 23.7. The maximum atomic E-state index is 11.7. The van der Waals surface area contributed by atoms with Gasteiger partial charge in [-0.15, -0.1) is 0 Å². The molecule has 0 fully saturated rings. The first kappa shape index (κ1) is 14.5. The minimum Gasteiger partial charge on any atom is -0.350 e. The van der Waals surface area contributed by atoms with Gasteiger partial charge in [0.1, 0.15) is 0 Å². The van der Waals surface area contributed by atoms with Crippen LogP contribution in [0.1, 0.15) is 17.3 Å². The van der Waals surface area contributed by atoms with Crippen molar-refractivity contribution in [3.05, 3.63) is 44.0 Å². The fourth-order valence-corrected chi connectivity index (χ4v) is 1.29. The summed E-state index contributed by atoms with van der Waals surface area (Å²) in [6, 6.07) is 2.45. The van der Waals surface area contributed by atoms with Crippen molar-refractivity contribution in [1.82, 2.24) is 5.32 Å².